The molecule has 0 spiro atoms. The third-order valence-electron chi connectivity index (χ3n) is 1.76. The summed E-state index contributed by atoms with van der Waals surface area (Å²) in [6.45, 7) is -0.977. The highest BCUT2D eigenvalue weighted by Crippen LogP contribution is 2.19. The Kier molecular flexibility index (Phi) is 3.80. The third kappa shape index (κ3) is 2.94. The van der Waals surface area contributed by atoms with Gasteiger partial charge in [-0.25, -0.2) is 4.39 Å². The van der Waals surface area contributed by atoms with Gasteiger partial charge in [0.25, 0.3) is 0 Å². The number of rotatable bonds is 4. The molecule has 4 heteroatoms. The Morgan fingerprint density at radius 1 is 1.36 bits per heavy atom. The largest absolute Gasteiger partial charge is 0.435 e. The first-order valence-electron chi connectivity index (χ1n) is 4.36. The summed E-state index contributed by atoms with van der Waals surface area (Å²) >= 11 is 0. The molecule has 0 bridgehead atoms. The van der Waals surface area contributed by atoms with E-state index in [-0.39, 0.29) is 11.6 Å². The van der Waals surface area contributed by atoms with Crippen molar-refractivity contribution in [3.8, 4) is 5.75 Å². The van der Waals surface area contributed by atoms with E-state index >= 15 is 0 Å². The number of aryl methyl sites for hydroxylation is 1. The average Bonchev–Trinajstić information content (AvgIpc) is 2.10. The summed E-state index contributed by atoms with van der Waals surface area (Å²) in [5, 5.41) is 0. The molecule has 0 fully saturated rings. The van der Waals surface area contributed by atoms with Crippen LogP contribution in [-0.4, -0.2) is 6.61 Å². The summed E-state index contributed by atoms with van der Waals surface area (Å²) in [4.78, 5) is 0. The predicted molar refractivity (Wildman–Crippen MR) is 47.0 cm³/mol. The van der Waals surface area contributed by atoms with Crippen LogP contribution in [-0.2, 0) is 6.42 Å². The second kappa shape index (κ2) is 4.88. The summed E-state index contributed by atoms with van der Waals surface area (Å²) in [6, 6.07) is 3.65. The molecular weight excluding hydrogens is 193 g/mol. The Hall–Kier alpha value is -1.19. The number of benzene rings is 1. The second-order valence-electron chi connectivity index (χ2n) is 2.88. The number of hydrogen-bond acceptors (Lipinski definition) is 1. The van der Waals surface area contributed by atoms with Crippen molar-refractivity contribution < 1.29 is 17.9 Å². The molecule has 1 aromatic rings. The Morgan fingerprint density at radius 2 is 2.07 bits per heavy atom. The molecule has 0 aliphatic carbocycles. The van der Waals surface area contributed by atoms with E-state index in [4.69, 9.17) is 0 Å². The van der Waals surface area contributed by atoms with Crippen molar-refractivity contribution in [2.75, 3.05) is 0 Å². The summed E-state index contributed by atoms with van der Waals surface area (Å²) in [6.07, 6.45) is 1.28. The minimum atomic E-state index is -2.87. The van der Waals surface area contributed by atoms with Gasteiger partial charge in [0.05, 0.1) is 0 Å². The van der Waals surface area contributed by atoms with Crippen LogP contribution in [0.1, 0.15) is 18.9 Å². The fourth-order valence-electron chi connectivity index (χ4n) is 1.19. The van der Waals surface area contributed by atoms with Gasteiger partial charge in [-0.15, -0.1) is 0 Å². The van der Waals surface area contributed by atoms with Crippen LogP contribution in [0.15, 0.2) is 18.2 Å². The molecule has 0 amide bonds. The van der Waals surface area contributed by atoms with Crippen LogP contribution in [0.2, 0.25) is 0 Å². The molecule has 0 saturated carbocycles. The minimum absolute atomic E-state index is 0.00449. The monoisotopic (exact) mass is 204 g/mol. The van der Waals surface area contributed by atoms with Crippen LogP contribution in [0.25, 0.3) is 0 Å². The van der Waals surface area contributed by atoms with Crippen molar-refractivity contribution in [2.24, 2.45) is 0 Å². The van der Waals surface area contributed by atoms with E-state index in [9.17, 15) is 13.2 Å². The molecular formula is C10H11F3O. The van der Waals surface area contributed by atoms with Crippen molar-refractivity contribution in [2.45, 2.75) is 26.4 Å². The van der Waals surface area contributed by atoms with Crippen molar-refractivity contribution in [3.63, 3.8) is 0 Å². The van der Waals surface area contributed by atoms with Gasteiger partial charge in [0.1, 0.15) is 11.6 Å². The first kappa shape index (κ1) is 10.9. The molecule has 1 aromatic carbocycles. The summed E-state index contributed by atoms with van der Waals surface area (Å²) in [5.74, 6) is -0.377. The lowest BCUT2D eigenvalue weighted by Crippen LogP contribution is -2.02. The maximum atomic E-state index is 13.1. The minimum Gasteiger partial charge on any atom is -0.435 e. The lowest BCUT2D eigenvalue weighted by atomic mass is 10.1. The zero-order valence-corrected chi connectivity index (χ0v) is 7.77. The van der Waals surface area contributed by atoms with Crippen LogP contribution in [0.4, 0.5) is 13.2 Å². The fraction of sp³-hybridized carbons (Fsp3) is 0.400. The second-order valence-corrected chi connectivity index (χ2v) is 2.88. The molecule has 0 aromatic heterocycles. The van der Waals surface area contributed by atoms with Crippen LogP contribution < -0.4 is 4.74 Å². The first-order chi connectivity index (χ1) is 6.63. The Labute approximate surface area is 80.5 Å². The van der Waals surface area contributed by atoms with Crippen LogP contribution in [0.3, 0.4) is 0 Å². The van der Waals surface area contributed by atoms with Gasteiger partial charge in [0.2, 0.25) is 0 Å². The summed E-state index contributed by atoms with van der Waals surface area (Å²) in [7, 11) is 0. The standard InChI is InChI=1S/C10H11F3O/c1-2-3-7-6-8(14-10(12)13)4-5-9(7)11/h4-6,10H,2-3H2,1H3. The quantitative estimate of drug-likeness (QED) is 0.730. The molecule has 0 radical (unpaired) electrons. The predicted octanol–water partition coefficient (Wildman–Crippen LogP) is 3.38. The SMILES string of the molecule is CCCc1cc(OC(F)F)ccc1F. The molecule has 0 atom stereocenters. The molecule has 0 heterocycles. The van der Waals surface area contributed by atoms with Crippen LogP contribution in [0.5, 0.6) is 5.75 Å². The zero-order valence-electron chi connectivity index (χ0n) is 7.77. The van der Waals surface area contributed by atoms with Crippen molar-refractivity contribution in [3.05, 3.63) is 29.6 Å². The van der Waals surface area contributed by atoms with E-state index in [1.807, 2.05) is 6.92 Å². The zero-order chi connectivity index (χ0) is 10.6. The summed E-state index contributed by atoms with van der Waals surface area (Å²) in [5.41, 5.74) is 0.408. The fourth-order valence-corrected chi connectivity index (χ4v) is 1.19. The normalized spacial score (nSPS) is 10.6. The maximum absolute atomic E-state index is 13.1. The van der Waals surface area contributed by atoms with E-state index in [2.05, 4.69) is 4.74 Å². The number of ether oxygens (including phenoxy) is 1. The van der Waals surface area contributed by atoms with Gasteiger partial charge in [0, 0.05) is 0 Å². The average molecular weight is 204 g/mol. The van der Waals surface area contributed by atoms with Gasteiger partial charge in [0.15, 0.2) is 0 Å². The highest BCUT2D eigenvalue weighted by molar-refractivity contribution is 5.29. The molecule has 0 aliphatic rings. The number of halogens is 3. The van der Waals surface area contributed by atoms with Gasteiger partial charge in [-0.3, -0.25) is 0 Å². The Morgan fingerprint density at radius 3 is 2.64 bits per heavy atom. The molecule has 0 unspecified atom stereocenters. The number of alkyl halides is 2. The smallest absolute Gasteiger partial charge is 0.387 e. The van der Waals surface area contributed by atoms with E-state index in [1.165, 1.54) is 12.1 Å². The van der Waals surface area contributed by atoms with Crippen molar-refractivity contribution >= 4 is 0 Å². The van der Waals surface area contributed by atoms with Gasteiger partial charge in [-0.2, -0.15) is 8.78 Å². The molecule has 78 valence electrons. The number of hydrogen-bond donors (Lipinski definition) is 0. The van der Waals surface area contributed by atoms with E-state index in [1.54, 1.807) is 0 Å². The van der Waals surface area contributed by atoms with E-state index in [0.717, 1.165) is 12.5 Å². The molecule has 1 rings (SSSR count). The Bertz CT molecular complexity index is 299. The van der Waals surface area contributed by atoms with Gasteiger partial charge >= 0.3 is 6.61 Å². The van der Waals surface area contributed by atoms with E-state index < -0.39 is 6.61 Å². The summed E-state index contributed by atoms with van der Waals surface area (Å²) < 4.78 is 40.9. The van der Waals surface area contributed by atoms with Crippen molar-refractivity contribution in [1.29, 1.82) is 0 Å². The van der Waals surface area contributed by atoms with Crippen LogP contribution >= 0.6 is 0 Å². The Balaban J connectivity index is 2.83. The molecule has 14 heavy (non-hydrogen) atoms. The van der Waals surface area contributed by atoms with E-state index in [0.29, 0.717) is 12.0 Å². The lowest BCUT2D eigenvalue weighted by molar-refractivity contribution is -0.0499. The maximum Gasteiger partial charge on any atom is 0.387 e. The van der Waals surface area contributed by atoms with Gasteiger partial charge < -0.3 is 4.74 Å². The highest BCUT2D eigenvalue weighted by Gasteiger charge is 2.07. The molecule has 0 N–H and O–H groups in total. The topological polar surface area (TPSA) is 9.23 Å². The first-order valence-corrected chi connectivity index (χ1v) is 4.36. The highest BCUT2D eigenvalue weighted by atomic mass is 19.3. The molecule has 1 nitrogen and oxygen atoms in total. The van der Waals surface area contributed by atoms with Crippen LogP contribution in [0, 0.1) is 5.82 Å². The molecule has 0 aliphatic heterocycles. The lowest BCUT2D eigenvalue weighted by Gasteiger charge is -2.07. The third-order valence-corrected chi connectivity index (χ3v) is 1.76. The van der Waals surface area contributed by atoms with Gasteiger partial charge in [-0.05, 0) is 30.2 Å². The molecule has 0 saturated heterocycles. The van der Waals surface area contributed by atoms with Crippen molar-refractivity contribution in [1.82, 2.24) is 0 Å². The van der Waals surface area contributed by atoms with Gasteiger partial charge in [-0.1, -0.05) is 13.3 Å².